The molecule has 0 bridgehead atoms. The molecule has 0 aliphatic heterocycles. The van der Waals surface area contributed by atoms with Crippen molar-refractivity contribution in [2.24, 2.45) is 5.10 Å². The lowest BCUT2D eigenvalue weighted by molar-refractivity contribution is -0.123. The molecule has 10 heteroatoms. The van der Waals surface area contributed by atoms with Gasteiger partial charge >= 0.3 is 0 Å². The van der Waals surface area contributed by atoms with Crippen LogP contribution in [0.25, 0.3) is 5.69 Å². The van der Waals surface area contributed by atoms with Crippen LogP contribution in [0, 0.1) is 0 Å². The molecule has 1 heterocycles. The van der Waals surface area contributed by atoms with E-state index in [1.165, 1.54) is 17.2 Å². The third-order valence-electron chi connectivity index (χ3n) is 3.65. The van der Waals surface area contributed by atoms with E-state index < -0.39 is 5.91 Å². The van der Waals surface area contributed by atoms with Crippen LogP contribution in [0.1, 0.15) is 5.56 Å². The predicted octanol–water partition coefficient (Wildman–Crippen LogP) is 1.21. The van der Waals surface area contributed by atoms with Crippen LogP contribution in [-0.2, 0) is 4.79 Å². The van der Waals surface area contributed by atoms with Crippen molar-refractivity contribution in [3.05, 3.63) is 54.4 Å². The highest BCUT2D eigenvalue weighted by Gasteiger charge is 2.05. The number of carbonyl (C=O) groups excluding carboxylic acids is 1. The fraction of sp³-hybridized carbons (Fsp3) is 0.167. The number of amides is 1. The summed E-state index contributed by atoms with van der Waals surface area (Å²) < 4.78 is 17.3. The van der Waals surface area contributed by atoms with Gasteiger partial charge in [0.2, 0.25) is 0 Å². The highest BCUT2D eigenvalue weighted by Crippen LogP contribution is 2.23. The van der Waals surface area contributed by atoms with E-state index in [1.807, 2.05) is 0 Å². The zero-order valence-electron chi connectivity index (χ0n) is 15.3. The standard InChI is InChI=1S/C18H18N6O4/c1-26-16-6-3-13(17(9-16)27-2)10-19-21-18(25)11-28-15-7-4-14(5-8-15)24-12-20-22-23-24/h3-10,12H,11H2,1-2H3,(H,21,25)/b19-10-. The van der Waals surface area contributed by atoms with Crippen LogP contribution in [0.3, 0.4) is 0 Å². The number of carbonyl (C=O) groups is 1. The number of benzene rings is 2. The Kier molecular flexibility index (Phi) is 6.13. The monoisotopic (exact) mass is 382 g/mol. The molecule has 0 radical (unpaired) electrons. The average molecular weight is 382 g/mol. The van der Waals surface area contributed by atoms with Crippen molar-refractivity contribution in [2.75, 3.05) is 20.8 Å². The zero-order valence-corrected chi connectivity index (χ0v) is 15.3. The summed E-state index contributed by atoms with van der Waals surface area (Å²) in [5, 5.41) is 14.8. The quantitative estimate of drug-likeness (QED) is 0.460. The molecule has 0 spiro atoms. The Bertz CT molecular complexity index is 941. The van der Waals surface area contributed by atoms with Crippen molar-refractivity contribution in [3.63, 3.8) is 0 Å². The van der Waals surface area contributed by atoms with E-state index in [9.17, 15) is 4.79 Å². The summed E-state index contributed by atoms with van der Waals surface area (Å²) in [4.78, 5) is 11.9. The predicted molar refractivity (Wildman–Crippen MR) is 99.9 cm³/mol. The van der Waals surface area contributed by atoms with Crippen LogP contribution >= 0.6 is 0 Å². The topological polar surface area (TPSA) is 113 Å². The molecule has 0 fully saturated rings. The lowest BCUT2D eigenvalue weighted by atomic mass is 10.2. The summed E-state index contributed by atoms with van der Waals surface area (Å²) >= 11 is 0. The van der Waals surface area contributed by atoms with Crippen molar-refractivity contribution < 1.29 is 19.0 Å². The minimum absolute atomic E-state index is 0.179. The third-order valence-corrected chi connectivity index (χ3v) is 3.65. The molecular weight excluding hydrogens is 364 g/mol. The largest absolute Gasteiger partial charge is 0.497 e. The molecule has 0 atom stereocenters. The van der Waals surface area contributed by atoms with E-state index in [-0.39, 0.29) is 6.61 Å². The number of ether oxygens (including phenoxy) is 3. The smallest absolute Gasteiger partial charge is 0.277 e. The fourth-order valence-electron chi connectivity index (χ4n) is 2.25. The molecular formula is C18H18N6O4. The van der Waals surface area contributed by atoms with Crippen LogP contribution < -0.4 is 19.6 Å². The van der Waals surface area contributed by atoms with Gasteiger partial charge in [0.05, 0.1) is 26.1 Å². The van der Waals surface area contributed by atoms with Gasteiger partial charge in [0.25, 0.3) is 5.91 Å². The number of rotatable bonds is 8. The maximum Gasteiger partial charge on any atom is 0.277 e. The Labute approximate surface area is 160 Å². The summed E-state index contributed by atoms with van der Waals surface area (Å²) in [6.45, 7) is -0.179. The Morgan fingerprint density at radius 3 is 2.61 bits per heavy atom. The van der Waals surface area contributed by atoms with E-state index >= 15 is 0 Å². The number of methoxy groups -OCH3 is 2. The summed E-state index contributed by atoms with van der Waals surface area (Å²) in [5.74, 6) is 1.38. The van der Waals surface area contributed by atoms with Crippen molar-refractivity contribution >= 4 is 12.1 Å². The first kappa shape index (κ1) is 18.8. The summed E-state index contributed by atoms with van der Waals surface area (Å²) in [5.41, 5.74) is 3.88. The normalized spacial score (nSPS) is 10.6. The Balaban J connectivity index is 1.50. The first-order valence-electron chi connectivity index (χ1n) is 8.20. The SMILES string of the molecule is COc1ccc(/C=N\NC(=O)COc2ccc(-n3cnnn3)cc2)c(OC)c1. The lowest BCUT2D eigenvalue weighted by Crippen LogP contribution is -2.24. The van der Waals surface area contributed by atoms with Crippen molar-refractivity contribution in [1.29, 1.82) is 0 Å². The van der Waals surface area contributed by atoms with Gasteiger partial charge in [-0.25, -0.2) is 10.1 Å². The Morgan fingerprint density at radius 2 is 1.93 bits per heavy atom. The van der Waals surface area contributed by atoms with Crippen LogP contribution in [0.5, 0.6) is 17.2 Å². The molecule has 10 nitrogen and oxygen atoms in total. The van der Waals surface area contributed by atoms with Gasteiger partial charge in [-0.1, -0.05) is 0 Å². The second-order valence-corrected chi connectivity index (χ2v) is 5.44. The Morgan fingerprint density at radius 1 is 1.14 bits per heavy atom. The summed E-state index contributed by atoms with van der Waals surface area (Å²) in [6, 6.07) is 12.3. The third kappa shape index (κ3) is 4.81. The minimum Gasteiger partial charge on any atom is -0.497 e. The van der Waals surface area contributed by atoms with Crippen LogP contribution in [0.2, 0.25) is 0 Å². The molecule has 3 aromatic rings. The van der Waals surface area contributed by atoms with E-state index in [1.54, 1.807) is 56.7 Å². The van der Waals surface area contributed by atoms with Gasteiger partial charge in [0.15, 0.2) is 6.61 Å². The van der Waals surface area contributed by atoms with Crippen LogP contribution in [-0.4, -0.2) is 53.2 Å². The molecule has 0 aliphatic carbocycles. The van der Waals surface area contributed by atoms with E-state index in [4.69, 9.17) is 14.2 Å². The number of nitrogens with zero attached hydrogens (tertiary/aromatic N) is 5. The van der Waals surface area contributed by atoms with E-state index in [0.29, 0.717) is 22.8 Å². The highest BCUT2D eigenvalue weighted by molar-refractivity contribution is 5.85. The maximum atomic E-state index is 11.9. The van der Waals surface area contributed by atoms with Crippen LogP contribution in [0.15, 0.2) is 53.9 Å². The molecule has 1 N–H and O–H groups in total. The number of hydrogen-bond donors (Lipinski definition) is 1. The van der Waals surface area contributed by atoms with Crippen molar-refractivity contribution in [2.45, 2.75) is 0 Å². The molecule has 2 aromatic carbocycles. The van der Waals surface area contributed by atoms with Crippen molar-refractivity contribution in [3.8, 4) is 22.9 Å². The number of hydrogen-bond acceptors (Lipinski definition) is 8. The molecule has 0 aliphatic rings. The van der Waals surface area contributed by atoms with Gasteiger partial charge < -0.3 is 14.2 Å². The lowest BCUT2D eigenvalue weighted by Gasteiger charge is -2.07. The van der Waals surface area contributed by atoms with Gasteiger partial charge in [-0.3, -0.25) is 4.79 Å². The van der Waals surface area contributed by atoms with E-state index in [0.717, 1.165) is 5.69 Å². The zero-order chi connectivity index (χ0) is 19.8. The molecule has 1 aromatic heterocycles. The second-order valence-electron chi connectivity index (χ2n) is 5.44. The number of aromatic nitrogens is 4. The van der Waals surface area contributed by atoms with Crippen molar-refractivity contribution in [1.82, 2.24) is 25.6 Å². The maximum absolute atomic E-state index is 11.9. The number of hydrazone groups is 1. The fourth-order valence-corrected chi connectivity index (χ4v) is 2.25. The molecule has 28 heavy (non-hydrogen) atoms. The molecule has 144 valence electrons. The minimum atomic E-state index is -0.395. The average Bonchev–Trinajstić information content (AvgIpc) is 3.27. The Hall–Kier alpha value is -3.95. The van der Waals surface area contributed by atoms with Gasteiger partial charge in [-0.2, -0.15) is 5.10 Å². The van der Waals surface area contributed by atoms with Gasteiger partial charge in [0, 0.05) is 11.6 Å². The molecule has 0 saturated carbocycles. The van der Waals surface area contributed by atoms with Gasteiger partial charge in [-0.05, 0) is 46.8 Å². The molecule has 0 unspecified atom stereocenters. The first-order valence-corrected chi connectivity index (χ1v) is 8.20. The van der Waals surface area contributed by atoms with Gasteiger partial charge in [0.1, 0.15) is 23.6 Å². The van der Waals surface area contributed by atoms with Crippen LogP contribution in [0.4, 0.5) is 0 Å². The number of nitrogens with one attached hydrogen (secondary N) is 1. The highest BCUT2D eigenvalue weighted by atomic mass is 16.5. The van der Waals surface area contributed by atoms with Gasteiger partial charge in [-0.15, -0.1) is 5.10 Å². The first-order chi connectivity index (χ1) is 13.7. The summed E-state index contributed by atoms with van der Waals surface area (Å²) in [7, 11) is 3.12. The second kappa shape index (κ2) is 9.12. The molecule has 3 rings (SSSR count). The molecule has 1 amide bonds. The molecule has 0 saturated heterocycles. The number of tetrazole rings is 1. The summed E-state index contributed by atoms with van der Waals surface area (Å²) in [6.07, 6.45) is 2.97. The van der Waals surface area contributed by atoms with E-state index in [2.05, 4.69) is 26.1 Å².